The number of aromatic nitrogens is 2. The lowest BCUT2D eigenvalue weighted by atomic mass is 10.1. The number of hydrogen-bond donors (Lipinski definition) is 0. The van der Waals surface area contributed by atoms with Crippen LogP contribution in [0.1, 0.15) is 18.5 Å². The molecule has 0 N–H and O–H groups in total. The van der Waals surface area contributed by atoms with Gasteiger partial charge in [0.15, 0.2) is 5.39 Å². The normalized spacial score (nSPS) is 12.3. The Bertz CT molecular complexity index is 1490. The fourth-order valence-corrected chi connectivity index (χ4v) is 3.80. The minimum absolute atomic E-state index is 0.0313. The summed E-state index contributed by atoms with van der Waals surface area (Å²) in [7, 11) is 0. The molecule has 0 unspecified atom stereocenters. The highest BCUT2D eigenvalue weighted by molar-refractivity contribution is 5.88. The van der Waals surface area contributed by atoms with Crippen LogP contribution in [0, 0.1) is 0 Å². The predicted octanol–water partition coefficient (Wildman–Crippen LogP) is 4.78. The van der Waals surface area contributed by atoms with E-state index in [1.807, 2.05) is 67.6 Å². The van der Waals surface area contributed by atoms with E-state index in [2.05, 4.69) is 4.98 Å². The molecule has 30 heavy (non-hydrogen) atoms. The highest BCUT2D eigenvalue weighted by atomic mass is 16.3. The van der Waals surface area contributed by atoms with Gasteiger partial charge in [-0.2, -0.15) is 4.98 Å². The molecule has 0 amide bonds. The van der Waals surface area contributed by atoms with Gasteiger partial charge in [0.1, 0.15) is 11.4 Å². The Balaban J connectivity index is 1.92. The fraction of sp³-hybridized carbons (Fsp3) is 0.0800. The maximum atomic E-state index is 13.7. The molecule has 0 saturated heterocycles. The summed E-state index contributed by atoms with van der Waals surface area (Å²) in [5, 5.41) is 0.339. The molecule has 2 heterocycles. The van der Waals surface area contributed by atoms with Crippen molar-refractivity contribution < 1.29 is 4.42 Å². The average Bonchev–Trinajstić information content (AvgIpc) is 2.79. The molecule has 5 aromatic rings. The van der Waals surface area contributed by atoms with E-state index in [-0.39, 0.29) is 22.6 Å². The first kappa shape index (κ1) is 18.1. The third-order valence-corrected chi connectivity index (χ3v) is 5.35. The first-order chi connectivity index (χ1) is 14.6. The van der Waals surface area contributed by atoms with Crippen LogP contribution in [0.25, 0.3) is 33.5 Å². The second kappa shape index (κ2) is 7.12. The maximum absolute atomic E-state index is 13.7. The van der Waals surface area contributed by atoms with Gasteiger partial charge in [-0.3, -0.25) is 14.2 Å². The minimum atomic E-state index is -0.408. The van der Waals surface area contributed by atoms with Crippen LogP contribution in [0.15, 0.2) is 98.9 Å². The summed E-state index contributed by atoms with van der Waals surface area (Å²) in [6, 6.07) is 25.7. The van der Waals surface area contributed by atoms with Gasteiger partial charge in [-0.05, 0) is 24.6 Å². The summed E-state index contributed by atoms with van der Waals surface area (Å²) < 4.78 is 7.47. The van der Waals surface area contributed by atoms with Crippen molar-refractivity contribution in [2.45, 2.75) is 13.0 Å². The van der Waals surface area contributed by atoms with E-state index < -0.39 is 5.56 Å². The Morgan fingerprint density at radius 2 is 1.47 bits per heavy atom. The lowest BCUT2D eigenvalue weighted by molar-refractivity contribution is 0.597. The molecule has 1 atom stereocenters. The molecule has 146 valence electrons. The highest BCUT2D eigenvalue weighted by Crippen LogP contribution is 2.25. The summed E-state index contributed by atoms with van der Waals surface area (Å²) >= 11 is 0. The smallest absolute Gasteiger partial charge is 0.269 e. The second-order valence-electron chi connectivity index (χ2n) is 7.17. The van der Waals surface area contributed by atoms with Crippen LogP contribution in [-0.2, 0) is 0 Å². The van der Waals surface area contributed by atoms with Gasteiger partial charge in [0.05, 0.1) is 11.4 Å². The van der Waals surface area contributed by atoms with E-state index in [9.17, 15) is 9.59 Å². The van der Waals surface area contributed by atoms with Crippen LogP contribution in [0.4, 0.5) is 0 Å². The van der Waals surface area contributed by atoms with Crippen molar-refractivity contribution in [1.82, 2.24) is 9.55 Å². The molecule has 5 rings (SSSR count). The third-order valence-electron chi connectivity index (χ3n) is 5.35. The van der Waals surface area contributed by atoms with Crippen LogP contribution in [-0.4, -0.2) is 9.55 Å². The van der Waals surface area contributed by atoms with Crippen molar-refractivity contribution >= 4 is 22.1 Å². The Hall–Kier alpha value is -3.99. The van der Waals surface area contributed by atoms with Crippen molar-refractivity contribution in [2.24, 2.45) is 0 Å². The Morgan fingerprint density at radius 1 is 0.833 bits per heavy atom. The van der Waals surface area contributed by atoms with E-state index >= 15 is 0 Å². The van der Waals surface area contributed by atoms with Crippen LogP contribution in [0.5, 0.6) is 0 Å². The van der Waals surface area contributed by atoms with Crippen molar-refractivity contribution in [2.75, 3.05) is 0 Å². The Labute approximate surface area is 171 Å². The molecule has 0 fully saturated rings. The van der Waals surface area contributed by atoms with Crippen molar-refractivity contribution in [3.8, 4) is 11.4 Å². The van der Waals surface area contributed by atoms with Gasteiger partial charge in [0.2, 0.25) is 11.1 Å². The lowest BCUT2D eigenvalue weighted by Crippen LogP contribution is -2.30. The monoisotopic (exact) mass is 394 g/mol. The van der Waals surface area contributed by atoms with E-state index in [4.69, 9.17) is 4.42 Å². The summed E-state index contributed by atoms with van der Waals surface area (Å²) in [5.74, 6) is 0.461. The quantitative estimate of drug-likeness (QED) is 0.413. The van der Waals surface area contributed by atoms with E-state index in [0.717, 1.165) is 11.1 Å². The third kappa shape index (κ3) is 2.83. The molecule has 0 aliphatic heterocycles. The van der Waals surface area contributed by atoms with Gasteiger partial charge < -0.3 is 4.42 Å². The number of para-hydroxylation sites is 1. The molecular weight excluding hydrogens is 376 g/mol. The molecule has 2 aromatic heterocycles. The molecule has 0 bridgehead atoms. The zero-order valence-corrected chi connectivity index (χ0v) is 16.3. The first-order valence-corrected chi connectivity index (χ1v) is 9.73. The molecule has 0 aliphatic rings. The second-order valence-corrected chi connectivity index (χ2v) is 7.17. The number of hydrogen-bond acceptors (Lipinski definition) is 4. The van der Waals surface area contributed by atoms with Crippen molar-refractivity contribution in [3.05, 3.63) is 111 Å². The zero-order valence-electron chi connectivity index (χ0n) is 16.3. The standard InChI is InChI=1S/C25H18N2O3/c1-16(17-10-4-2-5-11-17)27-23(18-12-6-3-7-13-18)26-24-21(25(27)29)22(28)19-14-8-9-15-20(19)30-24/h2-16H,1H3/t16-/m1/s1. The van der Waals surface area contributed by atoms with Gasteiger partial charge in [-0.25, -0.2) is 0 Å². The minimum Gasteiger partial charge on any atom is -0.437 e. The SMILES string of the molecule is C[C@H](c1ccccc1)n1c(-c2ccccc2)nc2oc3ccccc3c(=O)c2c1=O. The number of rotatable bonds is 3. The van der Waals surface area contributed by atoms with Gasteiger partial charge in [0.25, 0.3) is 5.56 Å². The molecule has 5 heteroatoms. The molecule has 3 aromatic carbocycles. The average molecular weight is 394 g/mol. The van der Waals surface area contributed by atoms with E-state index in [1.165, 1.54) is 0 Å². The summed E-state index contributed by atoms with van der Waals surface area (Å²) in [5.41, 5.74) is 1.42. The van der Waals surface area contributed by atoms with Gasteiger partial charge >= 0.3 is 0 Å². The Morgan fingerprint density at radius 3 is 2.20 bits per heavy atom. The molecule has 0 spiro atoms. The van der Waals surface area contributed by atoms with Crippen LogP contribution in [0.2, 0.25) is 0 Å². The molecule has 0 aliphatic carbocycles. The van der Waals surface area contributed by atoms with Gasteiger partial charge in [0, 0.05) is 5.56 Å². The summed E-state index contributed by atoms with van der Waals surface area (Å²) in [6.45, 7) is 1.93. The lowest BCUT2D eigenvalue weighted by Gasteiger charge is -2.20. The number of benzene rings is 3. The summed E-state index contributed by atoms with van der Waals surface area (Å²) in [4.78, 5) is 31.5. The van der Waals surface area contributed by atoms with Crippen LogP contribution >= 0.6 is 0 Å². The van der Waals surface area contributed by atoms with Crippen molar-refractivity contribution in [1.29, 1.82) is 0 Å². The molecule has 0 radical (unpaired) electrons. The Kier molecular flexibility index (Phi) is 4.29. The van der Waals surface area contributed by atoms with Gasteiger partial charge in [-0.1, -0.05) is 72.8 Å². The molecule has 5 nitrogen and oxygen atoms in total. The van der Waals surface area contributed by atoms with E-state index in [1.54, 1.807) is 28.8 Å². The topological polar surface area (TPSA) is 65.1 Å². The van der Waals surface area contributed by atoms with Gasteiger partial charge in [-0.15, -0.1) is 0 Å². The maximum Gasteiger partial charge on any atom is 0.269 e. The summed E-state index contributed by atoms with van der Waals surface area (Å²) in [6.07, 6.45) is 0. The van der Waals surface area contributed by atoms with Crippen LogP contribution < -0.4 is 11.0 Å². The zero-order chi connectivity index (χ0) is 20.7. The molecule has 0 saturated carbocycles. The number of nitrogens with zero attached hydrogens (tertiary/aromatic N) is 2. The van der Waals surface area contributed by atoms with Crippen LogP contribution in [0.3, 0.4) is 0 Å². The number of fused-ring (bicyclic) bond motifs is 2. The largest absolute Gasteiger partial charge is 0.437 e. The van der Waals surface area contributed by atoms with Crippen molar-refractivity contribution in [3.63, 3.8) is 0 Å². The van der Waals surface area contributed by atoms with E-state index in [0.29, 0.717) is 16.8 Å². The highest BCUT2D eigenvalue weighted by Gasteiger charge is 2.22. The predicted molar refractivity (Wildman–Crippen MR) is 118 cm³/mol. The first-order valence-electron chi connectivity index (χ1n) is 9.73. The molecular formula is C25H18N2O3. The fourth-order valence-electron chi connectivity index (χ4n) is 3.80.